The number of hydrogen-bond acceptors (Lipinski definition) is 3. The van der Waals surface area contributed by atoms with Crippen LogP contribution in [-0.2, 0) is 0 Å². The number of rotatable bonds is 4. The molecule has 106 valence electrons. The number of nitrogen functional groups attached to an aromatic ring is 1. The topological polar surface area (TPSA) is 47.3 Å². The van der Waals surface area contributed by atoms with Crippen molar-refractivity contribution in [2.24, 2.45) is 0 Å². The number of nitrogens with one attached hydrogen (secondary N) is 1. The Morgan fingerprint density at radius 1 is 1.15 bits per heavy atom. The Balaban J connectivity index is 2.16. The summed E-state index contributed by atoms with van der Waals surface area (Å²) in [4.78, 5) is 0. The maximum absolute atomic E-state index is 13.4. The first kappa shape index (κ1) is 14.5. The van der Waals surface area contributed by atoms with Crippen LogP contribution in [0.15, 0.2) is 40.9 Å². The lowest BCUT2D eigenvalue weighted by molar-refractivity contribution is -0.0498. The van der Waals surface area contributed by atoms with Crippen molar-refractivity contribution >= 4 is 33.0 Å². The van der Waals surface area contributed by atoms with Crippen LogP contribution in [0.1, 0.15) is 0 Å². The van der Waals surface area contributed by atoms with Crippen LogP contribution in [0.4, 0.5) is 30.2 Å². The fourth-order valence-corrected chi connectivity index (χ4v) is 1.91. The van der Waals surface area contributed by atoms with Gasteiger partial charge in [0.05, 0.1) is 15.8 Å². The third-order valence-electron chi connectivity index (χ3n) is 2.45. The molecule has 0 fully saturated rings. The van der Waals surface area contributed by atoms with Crippen LogP contribution in [0.25, 0.3) is 0 Å². The number of halogens is 4. The van der Waals surface area contributed by atoms with Gasteiger partial charge in [-0.3, -0.25) is 0 Å². The van der Waals surface area contributed by atoms with Gasteiger partial charge in [-0.25, -0.2) is 4.39 Å². The maximum atomic E-state index is 13.4. The van der Waals surface area contributed by atoms with Crippen LogP contribution in [0.3, 0.4) is 0 Å². The van der Waals surface area contributed by atoms with Gasteiger partial charge in [0.2, 0.25) is 0 Å². The van der Waals surface area contributed by atoms with E-state index in [9.17, 15) is 13.2 Å². The molecule has 7 heteroatoms. The zero-order valence-electron chi connectivity index (χ0n) is 10.0. The Labute approximate surface area is 121 Å². The van der Waals surface area contributed by atoms with Crippen molar-refractivity contribution in [1.29, 1.82) is 0 Å². The predicted octanol–water partition coefficient (Wildman–Crippen LogP) is 4.52. The Morgan fingerprint density at radius 2 is 1.80 bits per heavy atom. The highest BCUT2D eigenvalue weighted by Gasteiger charge is 2.07. The molecule has 0 bridgehead atoms. The molecule has 0 radical (unpaired) electrons. The van der Waals surface area contributed by atoms with Gasteiger partial charge in [-0.05, 0) is 46.3 Å². The van der Waals surface area contributed by atoms with E-state index in [0.717, 1.165) is 0 Å². The minimum Gasteiger partial charge on any atom is -0.435 e. The van der Waals surface area contributed by atoms with E-state index in [1.54, 1.807) is 0 Å². The van der Waals surface area contributed by atoms with E-state index in [1.807, 2.05) is 0 Å². The number of ether oxygens (including phenoxy) is 1. The minimum atomic E-state index is -2.87. The molecular formula is C13H10BrF3N2O. The van der Waals surface area contributed by atoms with Gasteiger partial charge in [0.1, 0.15) is 11.6 Å². The first-order valence-corrected chi connectivity index (χ1v) is 6.31. The smallest absolute Gasteiger partial charge is 0.387 e. The highest BCUT2D eigenvalue weighted by molar-refractivity contribution is 9.10. The fraction of sp³-hybridized carbons (Fsp3) is 0.0769. The van der Waals surface area contributed by atoms with Crippen molar-refractivity contribution in [3.63, 3.8) is 0 Å². The first-order valence-electron chi connectivity index (χ1n) is 5.52. The normalized spacial score (nSPS) is 10.7. The van der Waals surface area contributed by atoms with Crippen molar-refractivity contribution in [1.82, 2.24) is 0 Å². The number of anilines is 3. The summed E-state index contributed by atoms with van der Waals surface area (Å²) in [6, 6.07) is 8.48. The highest BCUT2D eigenvalue weighted by Crippen LogP contribution is 2.29. The third-order valence-corrected chi connectivity index (χ3v) is 3.06. The molecule has 0 aliphatic rings. The fourth-order valence-electron chi connectivity index (χ4n) is 1.55. The largest absolute Gasteiger partial charge is 0.435 e. The summed E-state index contributed by atoms with van der Waals surface area (Å²) in [5.41, 5.74) is 7.06. The molecule has 0 spiro atoms. The lowest BCUT2D eigenvalue weighted by Gasteiger charge is -2.11. The molecule has 0 heterocycles. The molecule has 2 aromatic carbocycles. The summed E-state index contributed by atoms with van der Waals surface area (Å²) in [5.74, 6) is -0.417. The molecule has 0 amide bonds. The number of benzene rings is 2. The molecule has 3 N–H and O–H groups in total. The monoisotopic (exact) mass is 346 g/mol. The van der Waals surface area contributed by atoms with Gasteiger partial charge in [-0.2, -0.15) is 8.78 Å². The summed E-state index contributed by atoms with van der Waals surface area (Å²) < 4.78 is 41.9. The van der Waals surface area contributed by atoms with E-state index >= 15 is 0 Å². The van der Waals surface area contributed by atoms with Crippen molar-refractivity contribution in [2.45, 2.75) is 6.61 Å². The average molecular weight is 347 g/mol. The molecule has 0 saturated heterocycles. The van der Waals surface area contributed by atoms with Gasteiger partial charge >= 0.3 is 6.61 Å². The second-order valence-electron chi connectivity index (χ2n) is 3.88. The predicted molar refractivity (Wildman–Crippen MR) is 74.9 cm³/mol. The molecular weight excluding hydrogens is 337 g/mol. The van der Waals surface area contributed by atoms with Crippen LogP contribution in [0.5, 0.6) is 5.75 Å². The van der Waals surface area contributed by atoms with E-state index in [2.05, 4.69) is 26.0 Å². The van der Waals surface area contributed by atoms with Crippen LogP contribution < -0.4 is 15.8 Å². The highest BCUT2D eigenvalue weighted by atomic mass is 79.9. The Bertz CT molecular complexity index is 605. The summed E-state index contributed by atoms with van der Waals surface area (Å²) >= 11 is 3.03. The third kappa shape index (κ3) is 3.57. The molecule has 0 unspecified atom stereocenters. The van der Waals surface area contributed by atoms with Crippen LogP contribution >= 0.6 is 15.9 Å². The molecule has 0 saturated carbocycles. The second-order valence-corrected chi connectivity index (χ2v) is 4.74. The molecule has 3 nitrogen and oxygen atoms in total. The standard InChI is InChI=1S/C13H10BrF3N2O/c14-9-5-11(18)12(6-10(9)15)19-7-1-3-8(4-2-7)20-13(16)17/h1-6,13,19H,18H2. The maximum Gasteiger partial charge on any atom is 0.387 e. The zero-order valence-corrected chi connectivity index (χ0v) is 11.6. The lowest BCUT2D eigenvalue weighted by Crippen LogP contribution is -2.02. The van der Waals surface area contributed by atoms with E-state index in [0.29, 0.717) is 17.1 Å². The van der Waals surface area contributed by atoms with E-state index in [-0.39, 0.29) is 10.2 Å². The van der Waals surface area contributed by atoms with Crippen molar-refractivity contribution in [2.75, 3.05) is 11.1 Å². The van der Waals surface area contributed by atoms with Gasteiger partial charge in [-0.15, -0.1) is 0 Å². The number of nitrogens with two attached hydrogens (primary N) is 1. The molecule has 0 aliphatic carbocycles. The lowest BCUT2D eigenvalue weighted by atomic mass is 10.2. The minimum absolute atomic E-state index is 0.0421. The molecule has 0 atom stereocenters. The second kappa shape index (κ2) is 6.04. The van der Waals surface area contributed by atoms with Gasteiger partial charge in [0.25, 0.3) is 0 Å². The van der Waals surface area contributed by atoms with Crippen LogP contribution in [-0.4, -0.2) is 6.61 Å². The molecule has 20 heavy (non-hydrogen) atoms. The summed E-state index contributed by atoms with van der Waals surface area (Å²) in [5, 5.41) is 2.89. The Hall–Kier alpha value is -1.89. The van der Waals surface area contributed by atoms with E-state index in [1.165, 1.54) is 36.4 Å². The Kier molecular flexibility index (Phi) is 4.39. The summed E-state index contributed by atoms with van der Waals surface area (Å²) in [6.07, 6.45) is 0. The van der Waals surface area contributed by atoms with Crippen LogP contribution in [0.2, 0.25) is 0 Å². The van der Waals surface area contributed by atoms with Crippen molar-refractivity contribution in [3.8, 4) is 5.75 Å². The van der Waals surface area contributed by atoms with Gasteiger partial charge in [-0.1, -0.05) is 0 Å². The van der Waals surface area contributed by atoms with E-state index < -0.39 is 12.4 Å². The number of hydrogen-bond donors (Lipinski definition) is 2. The van der Waals surface area contributed by atoms with Gasteiger partial charge < -0.3 is 15.8 Å². The zero-order chi connectivity index (χ0) is 14.7. The first-order chi connectivity index (χ1) is 9.45. The SMILES string of the molecule is Nc1cc(Br)c(F)cc1Nc1ccc(OC(F)F)cc1. The van der Waals surface area contributed by atoms with E-state index in [4.69, 9.17) is 5.73 Å². The quantitative estimate of drug-likeness (QED) is 0.800. The summed E-state index contributed by atoms with van der Waals surface area (Å²) in [7, 11) is 0. The average Bonchev–Trinajstić information content (AvgIpc) is 2.37. The molecule has 2 aromatic rings. The van der Waals surface area contributed by atoms with Crippen molar-refractivity contribution in [3.05, 3.63) is 46.7 Å². The number of alkyl halides is 2. The van der Waals surface area contributed by atoms with Crippen molar-refractivity contribution < 1.29 is 17.9 Å². The van der Waals surface area contributed by atoms with Crippen LogP contribution in [0, 0.1) is 5.82 Å². The molecule has 0 aromatic heterocycles. The molecule has 0 aliphatic heterocycles. The molecule has 2 rings (SSSR count). The summed E-state index contributed by atoms with van der Waals surface area (Å²) in [6.45, 7) is -2.87. The Morgan fingerprint density at radius 3 is 2.40 bits per heavy atom. The van der Waals surface area contributed by atoms with Gasteiger partial charge in [0.15, 0.2) is 0 Å². The van der Waals surface area contributed by atoms with Gasteiger partial charge in [0, 0.05) is 11.8 Å².